The Bertz CT molecular complexity index is 591. The number of fused-ring (bicyclic) bond motifs is 1. The lowest BCUT2D eigenvalue weighted by Crippen LogP contribution is -2.37. The minimum Gasteiger partial charge on any atom is -0.372 e. The number of rotatable bonds is 3. The Kier molecular flexibility index (Phi) is 3.64. The SMILES string of the molecule is CNc1nc(NC2CCN(C)CC2)nc2ncccc12. The maximum Gasteiger partial charge on any atom is 0.226 e. The highest BCUT2D eigenvalue weighted by molar-refractivity contribution is 5.87. The molecule has 20 heavy (non-hydrogen) atoms. The third kappa shape index (κ3) is 2.65. The molecule has 2 aromatic rings. The Hall–Kier alpha value is -1.95. The predicted octanol–water partition coefficient (Wildman–Crippen LogP) is 1.57. The van der Waals surface area contributed by atoms with Gasteiger partial charge in [-0.2, -0.15) is 9.97 Å². The van der Waals surface area contributed by atoms with Crippen LogP contribution >= 0.6 is 0 Å². The van der Waals surface area contributed by atoms with E-state index in [9.17, 15) is 0 Å². The van der Waals surface area contributed by atoms with E-state index in [1.807, 2.05) is 19.2 Å². The molecule has 6 nitrogen and oxygen atoms in total. The Morgan fingerprint density at radius 3 is 2.80 bits per heavy atom. The van der Waals surface area contributed by atoms with Crippen LogP contribution in [0.1, 0.15) is 12.8 Å². The molecule has 0 bridgehead atoms. The first-order chi connectivity index (χ1) is 9.76. The second kappa shape index (κ2) is 5.58. The van der Waals surface area contributed by atoms with Crippen LogP contribution in [0.15, 0.2) is 18.3 Å². The third-order valence-corrected chi connectivity index (χ3v) is 3.76. The Morgan fingerprint density at radius 1 is 1.25 bits per heavy atom. The number of nitrogens with one attached hydrogen (secondary N) is 2. The van der Waals surface area contributed by atoms with Crippen LogP contribution in [0.4, 0.5) is 11.8 Å². The molecule has 2 aromatic heterocycles. The van der Waals surface area contributed by atoms with Gasteiger partial charge < -0.3 is 15.5 Å². The van der Waals surface area contributed by atoms with E-state index in [1.54, 1.807) is 6.20 Å². The molecule has 6 heteroatoms. The van der Waals surface area contributed by atoms with Crippen LogP contribution in [0.25, 0.3) is 11.0 Å². The molecule has 3 rings (SSSR count). The van der Waals surface area contributed by atoms with Crippen molar-refractivity contribution >= 4 is 22.8 Å². The molecule has 0 aliphatic carbocycles. The lowest BCUT2D eigenvalue weighted by atomic mass is 10.1. The van der Waals surface area contributed by atoms with Crippen molar-refractivity contribution in [2.24, 2.45) is 0 Å². The van der Waals surface area contributed by atoms with Gasteiger partial charge in [-0.15, -0.1) is 0 Å². The summed E-state index contributed by atoms with van der Waals surface area (Å²) < 4.78 is 0. The van der Waals surface area contributed by atoms with Crippen molar-refractivity contribution in [2.45, 2.75) is 18.9 Å². The maximum absolute atomic E-state index is 4.55. The second-order valence-electron chi connectivity index (χ2n) is 5.24. The number of hydrogen-bond acceptors (Lipinski definition) is 6. The highest BCUT2D eigenvalue weighted by Crippen LogP contribution is 2.21. The number of piperidine rings is 1. The Labute approximate surface area is 118 Å². The van der Waals surface area contributed by atoms with Crippen LogP contribution in [0.5, 0.6) is 0 Å². The van der Waals surface area contributed by atoms with Gasteiger partial charge in [0.15, 0.2) is 5.65 Å². The van der Waals surface area contributed by atoms with E-state index in [2.05, 4.69) is 37.5 Å². The number of likely N-dealkylation sites (tertiary alicyclic amines) is 1. The molecule has 0 unspecified atom stereocenters. The minimum absolute atomic E-state index is 0.442. The molecule has 1 aliphatic heterocycles. The summed E-state index contributed by atoms with van der Waals surface area (Å²) in [6.45, 7) is 2.23. The smallest absolute Gasteiger partial charge is 0.226 e. The van der Waals surface area contributed by atoms with E-state index in [1.165, 1.54) is 0 Å². The van der Waals surface area contributed by atoms with E-state index in [0.717, 1.165) is 42.8 Å². The van der Waals surface area contributed by atoms with Gasteiger partial charge in [-0.1, -0.05) is 0 Å². The summed E-state index contributed by atoms with van der Waals surface area (Å²) >= 11 is 0. The summed E-state index contributed by atoms with van der Waals surface area (Å²) in [4.78, 5) is 15.7. The standard InChI is InChI=1S/C14H20N6/c1-15-12-11-4-3-7-16-13(11)19-14(18-12)17-10-5-8-20(2)9-6-10/h3-4,7,10H,5-6,8-9H2,1-2H3,(H2,15,16,17,18,19). The van der Waals surface area contributed by atoms with Crippen LogP contribution < -0.4 is 10.6 Å². The fourth-order valence-electron chi connectivity index (χ4n) is 2.55. The van der Waals surface area contributed by atoms with Crippen LogP contribution in [-0.2, 0) is 0 Å². The zero-order valence-electron chi connectivity index (χ0n) is 11.9. The van der Waals surface area contributed by atoms with Crippen molar-refractivity contribution in [1.29, 1.82) is 0 Å². The summed E-state index contributed by atoms with van der Waals surface area (Å²) in [6.07, 6.45) is 4.00. The summed E-state index contributed by atoms with van der Waals surface area (Å²) in [5.41, 5.74) is 0.724. The first kappa shape index (κ1) is 13.1. The molecule has 0 spiro atoms. The first-order valence-electron chi connectivity index (χ1n) is 7.02. The summed E-state index contributed by atoms with van der Waals surface area (Å²) in [5, 5.41) is 7.50. The monoisotopic (exact) mass is 272 g/mol. The van der Waals surface area contributed by atoms with E-state index in [-0.39, 0.29) is 0 Å². The quantitative estimate of drug-likeness (QED) is 0.884. The number of hydrogen-bond donors (Lipinski definition) is 2. The number of nitrogens with zero attached hydrogens (tertiary/aromatic N) is 4. The molecule has 3 heterocycles. The van der Waals surface area contributed by atoms with Gasteiger partial charge in [0.1, 0.15) is 5.82 Å². The number of anilines is 2. The van der Waals surface area contributed by atoms with Crippen LogP contribution in [0, 0.1) is 0 Å². The van der Waals surface area contributed by atoms with Crippen molar-refractivity contribution in [1.82, 2.24) is 19.9 Å². The fraction of sp³-hybridized carbons (Fsp3) is 0.500. The summed E-state index contributed by atoms with van der Waals surface area (Å²) in [5.74, 6) is 1.48. The molecule has 0 aromatic carbocycles. The molecule has 2 N–H and O–H groups in total. The molecular weight excluding hydrogens is 252 g/mol. The van der Waals surface area contributed by atoms with Crippen molar-refractivity contribution in [3.8, 4) is 0 Å². The van der Waals surface area contributed by atoms with Crippen LogP contribution in [-0.4, -0.2) is 53.1 Å². The molecular formula is C14H20N6. The van der Waals surface area contributed by atoms with Gasteiger partial charge in [0.05, 0.1) is 5.39 Å². The van der Waals surface area contributed by atoms with Gasteiger partial charge in [0, 0.05) is 19.3 Å². The van der Waals surface area contributed by atoms with Crippen molar-refractivity contribution in [2.75, 3.05) is 37.8 Å². The first-order valence-corrected chi connectivity index (χ1v) is 7.02. The topological polar surface area (TPSA) is 66.0 Å². The highest BCUT2D eigenvalue weighted by atomic mass is 15.2. The minimum atomic E-state index is 0.442. The average Bonchev–Trinajstić information content (AvgIpc) is 2.49. The van der Waals surface area contributed by atoms with E-state index in [4.69, 9.17) is 0 Å². The number of aromatic nitrogens is 3. The molecule has 0 radical (unpaired) electrons. The summed E-state index contributed by atoms with van der Waals surface area (Å²) in [7, 11) is 4.03. The van der Waals surface area contributed by atoms with E-state index in [0.29, 0.717) is 12.0 Å². The zero-order chi connectivity index (χ0) is 13.9. The fourth-order valence-corrected chi connectivity index (χ4v) is 2.55. The molecule has 0 atom stereocenters. The predicted molar refractivity (Wildman–Crippen MR) is 81.0 cm³/mol. The zero-order valence-corrected chi connectivity index (χ0v) is 11.9. The highest BCUT2D eigenvalue weighted by Gasteiger charge is 2.18. The third-order valence-electron chi connectivity index (χ3n) is 3.76. The van der Waals surface area contributed by atoms with Gasteiger partial charge in [0.2, 0.25) is 5.95 Å². The largest absolute Gasteiger partial charge is 0.372 e. The lowest BCUT2D eigenvalue weighted by molar-refractivity contribution is 0.263. The van der Waals surface area contributed by atoms with Crippen molar-refractivity contribution in [3.05, 3.63) is 18.3 Å². The molecule has 0 saturated carbocycles. The average molecular weight is 272 g/mol. The van der Waals surface area contributed by atoms with E-state index < -0.39 is 0 Å². The van der Waals surface area contributed by atoms with Crippen LogP contribution in [0.3, 0.4) is 0 Å². The van der Waals surface area contributed by atoms with E-state index >= 15 is 0 Å². The molecule has 1 fully saturated rings. The number of pyridine rings is 1. The molecule has 1 saturated heterocycles. The van der Waals surface area contributed by atoms with Gasteiger partial charge >= 0.3 is 0 Å². The molecule has 106 valence electrons. The second-order valence-corrected chi connectivity index (χ2v) is 5.24. The van der Waals surface area contributed by atoms with Crippen LogP contribution in [0.2, 0.25) is 0 Å². The summed E-state index contributed by atoms with van der Waals surface area (Å²) in [6, 6.07) is 4.32. The Balaban J connectivity index is 1.84. The molecule has 0 amide bonds. The van der Waals surface area contributed by atoms with Gasteiger partial charge in [-0.05, 0) is 45.1 Å². The van der Waals surface area contributed by atoms with Gasteiger partial charge in [-0.25, -0.2) is 4.98 Å². The lowest BCUT2D eigenvalue weighted by Gasteiger charge is -2.29. The normalized spacial score (nSPS) is 17.3. The van der Waals surface area contributed by atoms with Crippen molar-refractivity contribution < 1.29 is 0 Å². The Morgan fingerprint density at radius 2 is 2.05 bits per heavy atom. The van der Waals surface area contributed by atoms with Gasteiger partial charge in [-0.3, -0.25) is 0 Å². The maximum atomic E-state index is 4.55. The molecule has 1 aliphatic rings. The van der Waals surface area contributed by atoms with Crippen molar-refractivity contribution in [3.63, 3.8) is 0 Å². The van der Waals surface area contributed by atoms with Gasteiger partial charge in [0.25, 0.3) is 0 Å².